The van der Waals surface area contributed by atoms with E-state index in [0.29, 0.717) is 5.25 Å². The first-order valence-corrected chi connectivity index (χ1v) is 5.58. The van der Waals surface area contributed by atoms with Crippen molar-refractivity contribution in [2.75, 3.05) is 13.1 Å². The molecule has 3 atom stereocenters. The van der Waals surface area contributed by atoms with Gasteiger partial charge in [0.05, 0.1) is 6.54 Å². The van der Waals surface area contributed by atoms with Crippen LogP contribution in [0.1, 0.15) is 20.3 Å². The third kappa shape index (κ3) is 1.94. The van der Waals surface area contributed by atoms with Crippen molar-refractivity contribution < 1.29 is 0 Å². The lowest BCUT2D eigenvalue weighted by Gasteiger charge is -2.04. The molecule has 2 aliphatic rings. The first-order valence-electron chi connectivity index (χ1n) is 4.70. The molecule has 2 rings (SSSR count). The Hall–Kier alpha value is -0.180. The van der Waals surface area contributed by atoms with Gasteiger partial charge in [-0.2, -0.15) is 0 Å². The van der Waals surface area contributed by atoms with E-state index in [1.54, 1.807) is 0 Å². The number of nitrogens with zero attached hydrogens (tertiary/aromatic N) is 1. The lowest BCUT2D eigenvalue weighted by atomic mass is 10.3. The predicted molar refractivity (Wildman–Crippen MR) is 54.6 cm³/mol. The highest BCUT2D eigenvalue weighted by Gasteiger charge is 2.32. The fourth-order valence-electron chi connectivity index (χ4n) is 1.48. The van der Waals surface area contributed by atoms with Crippen molar-refractivity contribution in [3.05, 3.63) is 0 Å². The minimum atomic E-state index is 0.684. The molecule has 0 aromatic heterocycles. The summed E-state index contributed by atoms with van der Waals surface area (Å²) >= 11 is 1.88. The Labute approximate surface area is 78.2 Å². The highest BCUT2D eigenvalue weighted by Crippen LogP contribution is 2.37. The van der Waals surface area contributed by atoms with Gasteiger partial charge in [0.1, 0.15) is 0 Å². The first kappa shape index (κ1) is 8.42. The molecule has 2 nitrogen and oxygen atoms in total. The summed E-state index contributed by atoms with van der Waals surface area (Å²) in [6, 6.07) is 0. The number of hydrogen-bond acceptors (Lipinski definition) is 3. The van der Waals surface area contributed by atoms with Crippen LogP contribution < -0.4 is 5.32 Å². The van der Waals surface area contributed by atoms with Crippen LogP contribution in [0.5, 0.6) is 0 Å². The molecule has 12 heavy (non-hydrogen) atoms. The van der Waals surface area contributed by atoms with E-state index in [4.69, 9.17) is 0 Å². The fraction of sp³-hybridized carbons (Fsp3) is 0.889. The molecular weight excluding hydrogens is 168 g/mol. The minimum absolute atomic E-state index is 0.684. The second kappa shape index (κ2) is 3.29. The average molecular weight is 184 g/mol. The standard InChI is InChI=1S/C9H16N2S/c1-6-3-8(6)5-11-9-10-4-7(2)12-9/h6-8H,3-5H2,1-2H3,(H,10,11). The number of amidine groups is 1. The Kier molecular flexibility index (Phi) is 2.31. The van der Waals surface area contributed by atoms with Crippen molar-refractivity contribution in [3.63, 3.8) is 0 Å². The highest BCUT2D eigenvalue weighted by atomic mass is 32.2. The van der Waals surface area contributed by atoms with E-state index in [9.17, 15) is 0 Å². The third-order valence-corrected chi connectivity index (χ3v) is 3.64. The van der Waals surface area contributed by atoms with E-state index < -0.39 is 0 Å². The molecule has 1 heterocycles. The average Bonchev–Trinajstić information content (AvgIpc) is 2.56. The molecule has 1 saturated carbocycles. The van der Waals surface area contributed by atoms with Crippen LogP contribution >= 0.6 is 11.8 Å². The summed E-state index contributed by atoms with van der Waals surface area (Å²) in [6.45, 7) is 6.67. The van der Waals surface area contributed by atoms with Crippen LogP contribution in [0.15, 0.2) is 4.99 Å². The second-order valence-corrected chi connectivity index (χ2v) is 5.36. The van der Waals surface area contributed by atoms with Crippen LogP contribution in [0.25, 0.3) is 0 Å². The number of hydrogen-bond donors (Lipinski definition) is 1. The van der Waals surface area contributed by atoms with Gasteiger partial charge in [0.15, 0.2) is 5.17 Å². The van der Waals surface area contributed by atoms with E-state index in [2.05, 4.69) is 24.2 Å². The van der Waals surface area contributed by atoms with Gasteiger partial charge in [-0.1, -0.05) is 25.6 Å². The highest BCUT2D eigenvalue weighted by molar-refractivity contribution is 8.14. The molecular formula is C9H16N2S. The van der Waals surface area contributed by atoms with Gasteiger partial charge >= 0.3 is 0 Å². The molecule has 0 radical (unpaired) electrons. The van der Waals surface area contributed by atoms with E-state index in [1.807, 2.05) is 11.8 Å². The van der Waals surface area contributed by atoms with Crippen molar-refractivity contribution in [1.82, 2.24) is 5.32 Å². The Bertz CT molecular complexity index is 203. The Balaban J connectivity index is 1.67. The molecule has 0 aromatic rings. The molecule has 0 spiro atoms. The van der Waals surface area contributed by atoms with Crippen LogP contribution in [0.4, 0.5) is 0 Å². The van der Waals surface area contributed by atoms with Gasteiger partial charge in [-0.05, 0) is 18.3 Å². The molecule has 1 aliphatic heterocycles. The van der Waals surface area contributed by atoms with Crippen LogP contribution in [-0.4, -0.2) is 23.5 Å². The number of nitrogens with one attached hydrogen (secondary N) is 1. The van der Waals surface area contributed by atoms with Crippen molar-refractivity contribution in [1.29, 1.82) is 0 Å². The monoisotopic (exact) mass is 184 g/mol. The smallest absolute Gasteiger partial charge is 0.156 e. The van der Waals surface area contributed by atoms with Crippen LogP contribution in [0.2, 0.25) is 0 Å². The summed E-state index contributed by atoms with van der Waals surface area (Å²) in [4.78, 5) is 4.41. The van der Waals surface area contributed by atoms with Gasteiger partial charge in [0.25, 0.3) is 0 Å². The van der Waals surface area contributed by atoms with Crippen LogP contribution in [-0.2, 0) is 0 Å². The summed E-state index contributed by atoms with van der Waals surface area (Å²) in [5.41, 5.74) is 0. The van der Waals surface area contributed by atoms with E-state index >= 15 is 0 Å². The van der Waals surface area contributed by atoms with Gasteiger partial charge in [0, 0.05) is 11.8 Å². The summed E-state index contributed by atoms with van der Waals surface area (Å²) in [5.74, 6) is 1.87. The number of rotatable bonds is 2. The lowest BCUT2D eigenvalue weighted by molar-refractivity contribution is 0.715. The predicted octanol–water partition coefficient (Wildman–Crippen LogP) is 1.72. The van der Waals surface area contributed by atoms with Crippen molar-refractivity contribution in [3.8, 4) is 0 Å². The summed E-state index contributed by atoms with van der Waals surface area (Å²) in [5, 5.41) is 5.27. The Morgan fingerprint density at radius 1 is 1.58 bits per heavy atom. The maximum absolute atomic E-state index is 4.41. The summed E-state index contributed by atoms with van der Waals surface area (Å²) < 4.78 is 0. The topological polar surface area (TPSA) is 24.4 Å². The molecule has 1 aliphatic carbocycles. The summed E-state index contributed by atoms with van der Waals surface area (Å²) in [6.07, 6.45) is 1.40. The zero-order chi connectivity index (χ0) is 8.55. The number of thioether (sulfide) groups is 1. The fourth-order valence-corrected chi connectivity index (χ4v) is 2.32. The molecule has 1 fully saturated rings. The third-order valence-electron chi connectivity index (χ3n) is 2.60. The Morgan fingerprint density at radius 3 is 2.83 bits per heavy atom. The van der Waals surface area contributed by atoms with E-state index in [1.165, 1.54) is 11.6 Å². The number of aliphatic imine (C=N–C) groups is 1. The molecule has 0 bridgehead atoms. The minimum Gasteiger partial charge on any atom is -0.365 e. The summed E-state index contributed by atoms with van der Waals surface area (Å²) in [7, 11) is 0. The van der Waals surface area contributed by atoms with Gasteiger partial charge in [-0.3, -0.25) is 4.99 Å². The quantitative estimate of drug-likeness (QED) is 0.706. The van der Waals surface area contributed by atoms with Crippen molar-refractivity contribution in [2.24, 2.45) is 16.8 Å². The molecule has 1 N–H and O–H groups in total. The maximum Gasteiger partial charge on any atom is 0.156 e. The van der Waals surface area contributed by atoms with Gasteiger partial charge in [-0.15, -0.1) is 0 Å². The zero-order valence-electron chi connectivity index (χ0n) is 7.71. The molecule has 3 heteroatoms. The van der Waals surface area contributed by atoms with E-state index in [0.717, 1.165) is 24.9 Å². The van der Waals surface area contributed by atoms with Gasteiger partial charge in [-0.25, -0.2) is 0 Å². The second-order valence-electron chi connectivity index (χ2n) is 3.93. The maximum atomic E-state index is 4.41. The Morgan fingerprint density at radius 2 is 2.33 bits per heavy atom. The van der Waals surface area contributed by atoms with E-state index in [-0.39, 0.29) is 0 Å². The SMILES string of the molecule is CC1CN=C(NCC2CC2C)S1. The van der Waals surface area contributed by atoms with Gasteiger partial charge in [0.2, 0.25) is 0 Å². The first-order chi connectivity index (χ1) is 5.75. The molecule has 0 saturated heterocycles. The normalized spacial score (nSPS) is 39.5. The lowest BCUT2D eigenvalue weighted by Crippen LogP contribution is -2.22. The van der Waals surface area contributed by atoms with Gasteiger partial charge < -0.3 is 5.32 Å². The molecule has 0 amide bonds. The van der Waals surface area contributed by atoms with Crippen molar-refractivity contribution >= 4 is 16.9 Å². The zero-order valence-corrected chi connectivity index (χ0v) is 8.53. The van der Waals surface area contributed by atoms with Crippen molar-refractivity contribution in [2.45, 2.75) is 25.5 Å². The molecule has 3 unspecified atom stereocenters. The largest absolute Gasteiger partial charge is 0.365 e. The van der Waals surface area contributed by atoms with Crippen LogP contribution in [0, 0.1) is 11.8 Å². The molecule has 0 aromatic carbocycles. The van der Waals surface area contributed by atoms with Crippen LogP contribution in [0.3, 0.4) is 0 Å². The molecule has 68 valence electrons.